The van der Waals surface area contributed by atoms with E-state index >= 15 is 0 Å². The van der Waals surface area contributed by atoms with Crippen LogP contribution in [0.15, 0.2) is 97.2 Å². The Morgan fingerprint density at radius 2 is 1.18 bits per heavy atom. The molecule has 1 N–H and O–H groups in total. The minimum absolute atomic E-state index is 0.511. The molecule has 4 aromatic rings. The van der Waals surface area contributed by atoms with Gasteiger partial charge in [0.1, 0.15) is 11.2 Å². The van der Waals surface area contributed by atoms with E-state index in [0.717, 1.165) is 24.4 Å². The molecule has 0 fully saturated rings. The van der Waals surface area contributed by atoms with Crippen LogP contribution in [0.4, 0.5) is 0 Å². The fourth-order valence-corrected chi connectivity index (χ4v) is 4.04. The van der Waals surface area contributed by atoms with Crippen LogP contribution in [0.2, 0.25) is 0 Å². The van der Waals surface area contributed by atoms with Crippen molar-refractivity contribution in [2.45, 2.75) is 18.3 Å². The third kappa shape index (κ3) is 3.36. The predicted octanol–water partition coefficient (Wildman–Crippen LogP) is 5.96. The van der Waals surface area contributed by atoms with E-state index in [2.05, 4.69) is 96.0 Å². The zero-order valence-corrected chi connectivity index (χ0v) is 16.4. The summed E-state index contributed by atoms with van der Waals surface area (Å²) < 4.78 is 0. The van der Waals surface area contributed by atoms with Gasteiger partial charge in [-0.1, -0.05) is 91.0 Å². The van der Waals surface area contributed by atoms with Crippen molar-refractivity contribution in [2.75, 3.05) is 5.88 Å². The van der Waals surface area contributed by atoms with Crippen molar-refractivity contribution in [3.05, 3.63) is 125 Å². The second-order valence-corrected chi connectivity index (χ2v) is 7.26. The van der Waals surface area contributed by atoms with E-state index < -0.39 is 5.41 Å². The lowest BCUT2D eigenvalue weighted by Gasteiger charge is -2.34. The summed E-state index contributed by atoms with van der Waals surface area (Å²) in [5.74, 6) is 1.57. The van der Waals surface area contributed by atoms with Gasteiger partial charge in [-0.05, 0) is 29.5 Å². The van der Waals surface area contributed by atoms with Crippen LogP contribution in [-0.2, 0) is 11.8 Å². The molecule has 0 saturated carbocycles. The number of aromatic nitrogens is 2. The number of hydrogen-bond donors (Lipinski definition) is 1. The van der Waals surface area contributed by atoms with Gasteiger partial charge in [0.25, 0.3) is 0 Å². The number of rotatable bonds is 7. The van der Waals surface area contributed by atoms with Gasteiger partial charge >= 0.3 is 0 Å². The molecule has 0 radical (unpaired) electrons. The summed E-state index contributed by atoms with van der Waals surface area (Å²) >= 11 is 5.90. The Morgan fingerprint density at radius 1 is 0.714 bits per heavy atom. The second kappa shape index (κ2) is 8.45. The molecular weight excluding hydrogens is 364 g/mol. The van der Waals surface area contributed by atoms with Gasteiger partial charge in [0, 0.05) is 12.1 Å². The number of alkyl halides is 1. The highest BCUT2D eigenvalue weighted by Gasteiger charge is 2.40. The molecule has 0 aliphatic heterocycles. The summed E-state index contributed by atoms with van der Waals surface area (Å²) in [6.07, 6.45) is 3.81. The molecule has 2 nitrogen and oxygen atoms in total. The van der Waals surface area contributed by atoms with Gasteiger partial charge in [-0.15, -0.1) is 11.6 Å². The summed E-state index contributed by atoms with van der Waals surface area (Å²) in [6.45, 7) is 0. The predicted molar refractivity (Wildman–Crippen MR) is 116 cm³/mol. The normalized spacial score (nSPS) is 11.5. The molecule has 3 heteroatoms. The van der Waals surface area contributed by atoms with Gasteiger partial charge < -0.3 is 4.98 Å². The quantitative estimate of drug-likeness (QED) is 0.308. The number of aryl methyl sites for hydroxylation is 1. The number of nitrogens with one attached hydrogen (secondary N) is 1. The Bertz CT molecular complexity index is 898. The van der Waals surface area contributed by atoms with Crippen LogP contribution >= 0.6 is 11.6 Å². The zero-order chi connectivity index (χ0) is 19.2. The highest BCUT2D eigenvalue weighted by atomic mass is 35.5. The smallest absolute Gasteiger partial charge is 0.126 e. The van der Waals surface area contributed by atoms with Gasteiger partial charge in [0.15, 0.2) is 0 Å². The Balaban J connectivity index is 2.00. The Kier molecular flexibility index (Phi) is 5.59. The Morgan fingerprint density at radius 3 is 1.61 bits per heavy atom. The molecule has 1 heterocycles. The monoisotopic (exact) mass is 386 g/mol. The minimum Gasteiger partial charge on any atom is -0.347 e. The van der Waals surface area contributed by atoms with Crippen LogP contribution in [0, 0.1) is 0 Å². The van der Waals surface area contributed by atoms with Gasteiger partial charge in [0.2, 0.25) is 0 Å². The van der Waals surface area contributed by atoms with Gasteiger partial charge in [-0.3, -0.25) is 0 Å². The lowest BCUT2D eigenvalue weighted by atomic mass is 9.69. The standard InChI is InChI=1S/C25H23ClN2/c26-18-10-17-23-19-27-24(28-23)25(20-11-4-1-5-12-20,21-13-6-2-7-14-21)22-15-8-3-9-16-22/h1-9,11-16,19H,10,17-18H2,(H,27,28). The number of H-pyrrole nitrogens is 1. The molecule has 4 rings (SSSR count). The van der Waals surface area contributed by atoms with Crippen molar-refractivity contribution in [2.24, 2.45) is 0 Å². The van der Waals surface area contributed by atoms with E-state index in [4.69, 9.17) is 16.6 Å². The fraction of sp³-hybridized carbons (Fsp3) is 0.160. The summed E-state index contributed by atoms with van der Waals surface area (Å²) in [4.78, 5) is 8.53. The van der Waals surface area contributed by atoms with E-state index in [1.807, 2.05) is 6.20 Å². The first-order valence-corrected chi connectivity index (χ1v) is 10.2. The molecule has 0 unspecified atom stereocenters. The number of halogens is 1. The first kappa shape index (κ1) is 18.5. The summed E-state index contributed by atoms with van der Waals surface area (Å²) in [5, 5.41) is 0. The summed E-state index contributed by atoms with van der Waals surface area (Å²) in [6, 6.07) is 31.8. The zero-order valence-electron chi connectivity index (χ0n) is 15.7. The molecule has 0 spiro atoms. The van der Waals surface area contributed by atoms with Gasteiger partial charge in [0.05, 0.1) is 5.69 Å². The molecule has 0 amide bonds. The maximum atomic E-state index is 5.90. The minimum atomic E-state index is -0.511. The second-order valence-electron chi connectivity index (χ2n) is 6.88. The first-order valence-electron chi connectivity index (χ1n) is 9.63. The Hall–Kier alpha value is -2.84. The van der Waals surface area contributed by atoms with Crippen LogP contribution in [0.25, 0.3) is 0 Å². The van der Waals surface area contributed by atoms with E-state index in [0.29, 0.717) is 5.88 Å². The number of nitrogens with zero attached hydrogens (tertiary/aromatic N) is 1. The largest absolute Gasteiger partial charge is 0.347 e. The lowest BCUT2D eigenvalue weighted by molar-refractivity contribution is 0.688. The Labute approximate surface area is 171 Å². The van der Waals surface area contributed by atoms with Crippen LogP contribution in [0.1, 0.15) is 34.6 Å². The molecular formula is C25H23ClN2. The highest BCUT2D eigenvalue weighted by Crippen LogP contribution is 2.43. The summed E-state index contributed by atoms with van der Waals surface area (Å²) in [5.41, 5.74) is 4.09. The van der Waals surface area contributed by atoms with Crippen molar-refractivity contribution in [1.82, 2.24) is 9.97 Å². The number of benzene rings is 3. The molecule has 0 saturated heterocycles. The van der Waals surface area contributed by atoms with Gasteiger partial charge in [-0.25, -0.2) is 4.98 Å². The molecule has 0 aliphatic rings. The van der Waals surface area contributed by atoms with Crippen molar-refractivity contribution >= 4 is 11.6 Å². The topological polar surface area (TPSA) is 28.7 Å². The van der Waals surface area contributed by atoms with E-state index in [-0.39, 0.29) is 0 Å². The molecule has 1 aromatic heterocycles. The van der Waals surface area contributed by atoms with E-state index in [1.165, 1.54) is 16.7 Å². The third-order valence-electron chi connectivity index (χ3n) is 5.17. The van der Waals surface area contributed by atoms with Crippen molar-refractivity contribution < 1.29 is 0 Å². The third-order valence-corrected chi connectivity index (χ3v) is 5.44. The first-order chi connectivity index (χ1) is 13.9. The van der Waals surface area contributed by atoms with Crippen molar-refractivity contribution in [3.63, 3.8) is 0 Å². The molecule has 0 atom stereocenters. The van der Waals surface area contributed by atoms with E-state index in [1.54, 1.807) is 0 Å². The molecule has 0 bridgehead atoms. The van der Waals surface area contributed by atoms with Crippen LogP contribution < -0.4 is 0 Å². The molecule has 0 aliphatic carbocycles. The average molecular weight is 387 g/mol. The SMILES string of the molecule is ClCCCc1c[nH]c(C(c2ccccc2)(c2ccccc2)c2ccccc2)n1. The van der Waals surface area contributed by atoms with Crippen molar-refractivity contribution in [1.29, 1.82) is 0 Å². The number of aromatic amines is 1. The maximum Gasteiger partial charge on any atom is 0.126 e. The fourth-order valence-electron chi connectivity index (χ4n) is 3.90. The molecule has 28 heavy (non-hydrogen) atoms. The number of hydrogen-bond acceptors (Lipinski definition) is 1. The highest BCUT2D eigenvalue weighted by molar-refractivity contribution is 6.17. The maximum absolute atomic E-state index is 5.90. The van der Waals surface area contributed by atoms with Crippen LogP contribution in [-0.4, -0.2) is 15.8 Å². The molecule has 140 valence electrons. The summed E-state index contributed by atoms with van der Waals surface area (Å²) in [7, 11) is 0. The van der Waals surface area contributed by atoms with Gasteiger partial charge in [-0.2, -0.15) is 0 Å². The van der Waals surface area contributed by atoms with Crippen LogP contribution in [0.5, 0.6) is 0 Å². The lowest BCUT2D eigenvalue weighted by Crippen LogP contribution is -2.32. The average Bonchev–Trinajstić information content (AvgIpc) is 3.24. The van der Waals surface area contributed by atoms with Crippen LogP contribution in [0.3, 0.4) is 0 Å². The number of imidazole rings is 1. The van der Waals surface area contributed by atoms with E-state index in [9.17, 15) is 0 Å². The molecule has 3 aromatic carbocycles. The van der Waals surface area contributed by atoms with Crippen molar-refractivity contribution in [3.8, 4) is 0 Å².